The lowest BCUT2D eigenvalue weighted by atomic mass is 10.0. The Balaban J connectivity index is 2.28. The van der Waals surface area contributed by atoms with E-state index in [2.05, 4.69) is 28.1 Å². The number of quaternary nitrogens is 1. The summed E-state index contributed by atoms with van der Waals surface area (Å²) in [7, 11) is 6.32. The maximum absolute atomic E-state index is 12.4. The molecule has 2 rings (SSSR count). The van der Waals surface area contributed by atoms with Crippen LogP contribution in [0.3, 0.4) is 0 Å². The lowest BCUT2D eigenvalue weighted by Crippen LogP contribution is -2.47. The van der Waals surface area contributed by atoms with Gasteiger partial charge in [0.25, 0.3) is 0 Å². The van der Waals surface area contributed by atoms with Crippen molar-refractivity contribution in [2.45, 2.75) is 19.1 Å². The first-order chi connectivity index (χ1) is 10.4. The van der Waals surface area contributed by atoms with Crippen molar-refractivity contribution < 1.29 is 14.0 Å². The van der Waals surface area contributed by atoms with Gasteiger partial charge < -0.3 is 9.22 Å². The van der Waals surface area contributed by atoms with Crippen LogP contribution < -0.4 is 0 Å². The lowest BCUT2D eigenvalue weighted by Gasteiger charge is -2.36. The molecule has 0 spiro atoms. The summed E-state index contributed by atoms with van der Waals surface area (Å²) in [5, 5.41) is 0. The van der Waals surface area contributed by atoms with Crippen molar-refractivity contribution in [3.05, 3.63) is 71.8 Å². The van der Waals surface area contributed by atoms with Gasteiger partial charge in [-0.1, -0.05) is 48.5 Å². The second-order valence-corrected chi connectivity index (χ2v) is 6.46. The van der Waals surface area contributed by atoms with Gasteiger partial charge >= 0.3 is 5.97 Å². The van der Waals surface area contributed by atoms with E-state index in [9.17, 15) is 4.79 Å². The Labute approximate surface area is 132 Å². The Bertz CT molecular complexity index is 602. The molecule has 0 aliphatic carbocycles. The quantitative estimate of drug-likeness (QED) is 0.622. The third-order valence-corrected chi connectivity index (χ3v) is 4.03. The molecule has 0 saturated heterocycles. The van der Waals surface area contributed by atoms with E-state index in [1.54, 1.807) is 12.1 Å². The van der Waals surface area contributed by atoms with Crippen LogP contribution in [0.25, 0.3) is 0 Å². The van der Waals surface area contributed by atoms with Crippen LogP contribution in [0.2, 0.25) is 0 Å². The monoisotopic (exact) mass is 298 g/mol. The lowest BCUT2D eigenvalue weighted by molar-refractivity contribution is -0.898. The normalized spacial score (nSPS) is 14.2. The first-order valence-corrected chi connectivity index (χ1v) is 7.51. The van der Waals surface area contributed by atoms with Crippen LogP contribution in [0.4, 0.5) is 0 Å². The topological polar surface area (TPSA) is 26.3 Å². The number of likely N-dealkylation sites (N-methyl/N-ethyl adjacent to an activating group) is 1. The summed E-state index contributed by atoms with van der Waals surface area (Å²) in [5.41, 5.74) is 1.60. The van der Waals surface area contributed by atoms with E-state index in [0.29, 0.717) is 10.0 Å². The molecule has 3 nitrogen and oxygen atoms in total. The number of carbonyl (C=O) groups excluding carboxylic acids is 1. The van der Waals surface area contributed by atoms with Gasteiger partial charge in [-0.2, -0.15) is 0 Å². The van der Waals surface area contributed by atoms with E-state index in [4.69, 9.17) is 4.74 Å². The maximum Gasteiger partial charge on any atom is 0.338 e. The molecule has 0 N–H and O–H groups in total. The van der Waals surface area contributed by atoms with E-state index >= 15 is 0 Å². The zero-order valence-electron chi connectivity index (χ0n) is 13.7. The number of nitrogens with zero attached hydrogens (tertiary/aromatic N) is 1. The van der Waals surface area contributed by atoms with Crippen molar-refractivity contribution in [3.8, 4) is 0 Å². The van der Waals surface area contributed by atoms with Crippen LogP contribution in [-0.4, -0.2) is 37.6 Å². The minimum atomic E-state index is -0.283. The highest BCUT2D eigenvalue weighted by atomic mass is 16.5. The van der Waals surface area contributed by atoms with Gasteiger partial charge in [-0.05, 0) is 24.6 Å². The highest BCUT2D eigenvalue weighted by Crippen LogP contribution is 2.27. The molecule has 0 radical (unpaired) electrons. The SMILES string of the molecule is CC(C(OC(=O)c1ccccc1)c1ccccc1)[N+](C)(C)C. The van der Waals surface area contributed by atoms with Crippen molar-refractivity contribution in [1.29, 1.82) is 0 Å². The molecule has 116 valence electrons. The molecular formula is C19H24NO2+. The average Bonchev–Trinajstić information content (AvgIpc) is 2.52. The molecule has 0 fully saturated rings. The van der Waals surface area contributed by atoms with Crippen molar-refractivity contribution in [1.82, 2.24) is 0 Å². The summed E-state index contributed by atoms with van der Waals surface area (Å²) in [6.07, 6.45) is -0.283. The Morgan fingerprint density at radius 1 is 0.909 bits per heavy atom. The fourth-order valence-electron chi connectivity index (χ4n) is 2.25. The van der Waals surface area contributed by atoms with E-state index in [0.717, 1.165) is 5.56 Å². The Kier molecular flexibility index (Phi) is 4.99. The van der Waals surface area contributed by atoms with Gasteiger partial charge in [-0.25, -0.2) is 4.79 Å². The molecule has 0 amide bonds. The highest BCUT2D eigenvalue weighted by Gasteiger charge is 2.33. The van der Waals surface area contributed by atoms with Crippen LogP contribution in [0, 0.1) is 0 Å². The number of esters is 1. The van der Waals surface area contributed by atoms with Crippen LogP contribution in [0.1, 0.15) is 28.9 Å². The first-order valence-electron chi connectivity index (χ1n) is 7.51. The van der Waals surface area contributed by atoms with Gasteiger partial charge in [0, 0.05) is 0 Å². The van der Waals surface area contributed by atoms with Gasteiger partial charge in [0.05, 0.1) is 26.7 Å². The van der Waals surface area contributed by atoms with Crippen LogP contribution >= 0.6 is 0 Å². The van der Waals surface area contributed by atoms with Gasteiger partial charge in [0.15, 0.2) is 6.10 Å². The summed E-state index contributed by atoms with van der Waals surface area (Å²) in [6, 6.07) is 19.2. The molecule has 0 saturated carbocycles. The second-order valence-electron chi connectivity index (χ2n) is 6.46. The maximum atomic E-state index is 12.4. The second kappa shape index (κ2) is 6.75. The van der Waals surface area contributed by atoms with Crippen molar-refractivity contribution in [2.75, 3.05) is 21.1 Å². The van der Waals surface area contributed by atoms with Crippen LogP contribution in [0.5, 0.6) is 0 Å². The largest absolute Gasteiger partial charge is 0.448 e. The third kappa shape index (κ3) is 3.95. The van der Waals surface area contributed by atoms with Gasteiger partial charge in [-0.15, -0.1) is 0 Å². The van der Waals surface area contributed by atoms with E-state index < -0.39 is 0 Å². The predicted octanol–water partition coefficient (Wildman–Crippen LogP) is 3.68. The molecule has 0 heterocycles. The molecule has 3 heteroatoms. The summed E-state index contributed by atoms with van der Waals surface area (Å²) in [5.74, 6) is -0.283. The zero-order valence-corrected chi connectivity index (χ0v) is 13.7. The molecule has 0 aliphatic rings. The third-order valence-electron chi connectivity index (χ3n) is 4.03. The molecule has 2 aromatic rings. The zero-order chi connectivity index (χ0) is 16.2. The predicted molar refractivity (Wildman–Crippen MR) is 88.5 cm³/mol. The molecular weight excluding hydrogens is 274 g/mol. The minimum absolute atomic E-state index is 0.134. The fourth-order valence-corrected chi connectivity index (χ4v) is 2.25. The molecule has 0 aliphatic heterocycles. The van der Waals surface area contributed by atoms with Gasteiger partial charge in [-0.3, -0.25) is 0 Å². The summed E-state index contributed by atoms with van der Waals surface area (Å²) >= 11 is 0. The molecule has 0 aromatic heterocycles. The number of hydrogen-bond donors (Lipinski definition) is 0. The Hall–Kier alpha value is -2.13. The highest BCUT2D eigenvalue weighted by molar-refractivity contribution is 5.89. The van der Waals surface area contributed by atoms with Crippen molar-refractivity contribution >= 4 is 5.97 Å². The van der Waals surface area contributed by atoms with E-state index in [1.807, 2.05) is 48.5 Å². The Morgan fingerprint density at radius 2 is 1.41 bits per heavy atom. The fraction of sp³-hybridized carbons (Fsp3) is 0.316. The Morgan fingerprint density at radius 3 is 1.91 bits per heavy atom. The molecule has 2 unspecified atom stereocenters. The number of rotatable bonds is 5. The number of carbonyl (C=O) groups is 1. The minimum Gasteiger partial charge on any atom is -0.448 e. The summed E-state index contributed by atoms with van der Waals surface area (Å²) < 4.78 is 6.57. The first kappa shape index (κ1) is 16.2. The standard InChI is InChI=1S/C19H24NO2/c1-15(20(2,3)4)18(16-11-7-5-8-12-16)22-19(21)17-13-9-6-10-14-17/h5-15,18H,1-4H3/q+1. The number of benzene rings is 2. The van der Waals surface area contributed by atoms with E-state index in [-0.39, 0.29) is 18.1 Å². The molecule has 2 atom stereocenters. The number of ether oxygens (including phenoxy) is 1. The molecule has 0 bridgehead atoms. The van der Waals surface area contributed by atoms with Crippen LogP contribution in [0.15, 0.2) is 60.7 Å². The average molecular weight is 298 g/mol. The molecule has 2 aromatic carbocycles. The van der Waals surface area contributed by atoms with Gasteiger partial charge in [0.1, 0.15) is 6.04 Å². The van der Waals surface area contributed by atoms with E-state index in [1.165, 1.54) is 0 Å². The summed E-state index contributed by atoms with van der Waals surface area (Å²) in [4.78, 5) is 12.4. The van der Waals surface area contributed by atoms with Crippen LogP contribution in [-0.2, 0) is 4.74 Å². The summed E-state index contributed by atoms with van der Waals surface area (Å²) in [6.45, 7) is 2.11. The molecule has 22 heavy (non-hydrogen) atoms. The van der Waals surface area contributed by atoms with Crippen molar-refractivity contribution in [2.24, 2.45) is 0 Å². The number of hydrogen-bond acceptors (Lipinski definition) is 2. The van der Waals surface area contributed by atoms with Crippen molar-refractivity contribution in [3.63, 3.8) is 0 Å². The van der Waals surface area contributed by atoms with Gasteiger partial charge in [0.2, 0.25) is 0 Å². The smallest absolute Gasteiger partial charge is 0.338 e.